The summed E-state index contributed by atoms with van der Waals surface area (Å²) in [5, 5.41) is 23.0. The Morgan fingerprint density at radius 3 is 1.58 bits per heavy atom. The molecule has 0 bridgehead atoms. The number of esters is 1. The summed E-state index contributed by atoms with van der Waals surface area (Å²) < 4.78 is 12.4. The standard InChI is InChI=1S/C32H46N4O7/c1-31(2,3)43-32(23-25-11-7-5-8-12-25,24-26-13-9-6-10-14-26)27(28(37)42-4)34-19-21-35(29(38)39)17-15-33-16-18-36(22-20-34)30(40)41/h5-14,27,33H,15-24H2,1-4H3,(H,38,39)(H,40,41)/t27-/m0/s1. The van der Waals surface area contributed by atoms with Gasteiger partial charge in [0.1, 0.15) is 11.6 Å². The highest BCUT2D eigenvalue weighted by Crippen LogP contribution is 2.35. The zero-order valence-corrected chi connectivity index (χ0v) is 25.7. The third-order valence-corrected chi connectivity index (χ3v) is 7.46. The van der Waals surface area contributed by atoms with E-state index in [1.54, 1.807) is 0 Å². The molecule has 11 heteroatoms. The van der Waals surface area contributed by atoms with E-state index in [2.05, 4.69) is 5.32 Å². The van der Waals surface area contributed by atoms with E-state index in [-0.39, 0.29) is 39.3 Å². The molecule has 1 aliphatic rings. The summed E-state index contributed by atoms with van der Waals surface area (Å²) in [5.74, 6) is -0.534. The Hall–Kier alpha value is -3.67. The van der Waals surface area contributed by atoms with E-state index < -0.39 is 35.4 Å². The Balaban J connectivity index is 2.20. The molecule has 2 aromatic carbocycles. The smallest absolute Gasteiger partial charge is 0.407 e. The van der Waals surface area contributed by atoms with Crippen LogP contribution in [0.4, 0.5) is 9.59 Å². The zero-order valence-electron chi connectivity index (χ0n) is 25.7. The Kier molecular flexibility index (Phi) is 12.4. The van der Waals surface area contributed by atoms with Crippen molar-refractivity contribution in [3.05, 3.63) is 71.8 Å². The molecule has 3 rings (SSSR count). The molecule has 11 nitrogen and oxygen atoms in total. The van der Waals surface area contributed by atoms with Crippen molar-refractivity contribution in [1.82, 2.24) is 20.0 Å². The van der Waals surface area contributed by atoms with Crippen molar-refractivity contribution in [2.75, 3.05) is 59.5 Å². The van der Waals surface area contributed by atoms with Gasteiger partial charge in [-0.1, -0.05) is 60.7 Å². The van der Waals surface area contributed by atoms with Crippen LogP contribution in [0.3, 0.4) is 0 Å². The maximum absolute atomic E-state index is 14.0. The summed E-state index contributed by atoms with van der Waals surface area (Å²) in [4.78, 5) is 42.7. The number of carbonyl (C=O) groups is 3. The van der Waals surface area contributed by atoms with Crippen LogP contribution in [0.5, 0.6) is 0 Å². The zero-order chi connectivity index (χ0) is 31.5. The quantitative estimate of drug-likeness (QED) is 0.391. The molecule has 2 aromatic rings. The molecule has 0 saturated carbocycles. The van der Waals surface area contributed by atoms with E-state index in [1.807, 2.05) is 86.3 Å². The Morgan fingerprint density at radius 2 is 1.21 bits per heavy atom. The van der Waals surface area contributed by atoms with E-state index in [0.717, 1.165) is 11.1 Å². The molecule has 236 valence electrons. The number of benzene rings is 2. The number of ether oxygens (including phenoxy) is 2. The minimum atomic E-state index is -1.17. The van der Waals surface area contributed by atoms with Gasteiger partial charge in [-0.15, -0.1) is 0 Å². The van der Waals surface area contributed by atoms with E-state index in [1.165, 1.54) is 16.9 Å². The first-order chi connectivity index (χ1) is 20.4. The molecule has 0 aromatic heterocycles. The highest BCUT2D eigenvalue weighted by molar-refractivity contribution is 5.78. The van der Waals surface area contributed by atoms with Crippen molar-refractivity contribution in [2.24, 2.45) is 0 Å². The number of hydrogen-bond donors (Lipinski definition) is 3. The molecule has 1 saturated heterocycles. The summed E-state index contributed by atoms with van der Waals surface area (Å²) in [6.07, 6.45) is -1.42. The van der Waals surface area contributed by atoms with Gasteiger partial charge in [-0.2, -0.15) is 0 Å². The highest BCUT2D eigenvalue weighted by atomic mass is 16.5. The third-order valence-electron chi connectivity index (χ3n) is 7.46. The first kappa shape index (κ1) is 33.8. The van der Waals surface area contributed by atoms with Gasteiger partial charge < -0.3 is 34.8 Å². The fourth-order valence-electron chi connectivity index (χ4n) is 5.71. The maximum Gasteiger partial charge on any atom is 0.407 e. The lowest BCUT2D eigenvalue weighted by Gasteiger charge is -2.48. The van der Waals surface area contributed by atoms with Crippen molar-refractivity contribution >= 4 is 18.2 Å². The fraction of sp³-hybridized carbons (Fsp3) is 0.531. The Labute approximate surface area is 254 Å². The van der Waals surface area contributed by atoms with Crippen LogP contribution < -0.4 is 5.32 Å². The maximum atomic E-state index is 14.0. The van der Waals surface area contributed by atoms with Gasteiger partial charge in [0.15, 0.2) is 0 Å². The lowest BCUT2D eigenvalue weighted by atomic mass is 9.79. The second-order valence-electron chi connectivity index (χ2n) is 11.9. The third kappa shape index (κ3) is 10.2. The molecule has 0 radical (unpaired) electrons. The van der Waals surface area contributed by atoms with Crippen molar-refractivity contribution in [3.8, 4) is 0 Å². The second-order valence-corrected chi connectivity index (χ2v) is 11.9. The number of hydrogen-bond acceptors (Lipinski definition) is 7. The van der Waals surface area contributed by atoms with E-state index >= 15 is 0 Å². The average Bonchev–Trinajstić information content (AvgIpc) is 2.94. The van der Waals surface area contributed by atoms with Crippen LogP contribution in [0, 0.1) is 0 Å². The Morgan fingerprint density at radius 1 is 0.767 bits per heavy atom. The minimum Gasteiger partial charge on any atom is -0.468 e. The first-order valence-corrected chi connectivity index (χ1v) is 14.7. The number of methoxy groups -OCH3 is 1. The fourth-order valence-corrected chi connectivity index (χ4v) is 5.71. The van der Waals surface area contributed by atoms with E-state index in [4.69, 9.17) is 9.47 Å². The van der Waals surface area contributed by atoms with Crippen molar-refractivity contribution in [1.29, 1.82) is 0 Å². The largest absolute Gasteiger partial charge is 0.468 e. The topological polar surface area (TPSA) is 132 Å². The van der Waals surface area contributed by atoms with E-state index in [0.29, 0.717) is 25.9 Å². The number of nitrogens with one attached hydrogen (secondary N) is 1. The van der Waals surface area contributed by atoms with Crippen LogP contribution in [0.25, 0.3) is 0 Å². The monoisotopic (exact) mass is 598 g/mol. The molecular weight excluding hydrogens is 552 g/mol. The van der Waals surface area contributed by atoms with Crippen molar-refractivity contribution < 1.29 is 34.1 Å². The molecule has 3 N–H and O–H groups in total. The SMILES string of the molecule is COC(=O)[C@H](N1CCN(C(=O)O)CCNCCN(C(=O)O)CC1)C(Cc1ccccc1)(Cc1ccccc1)OC(C)(C)C. The van der Waals surface area contributed by atoms with Gasteiger partial charge in [-0.05, 0) is 31.9 Å². The second kappa shape index (κ2) is 15.7. The molecule has 1 aliphatic heterocycles. The van der Waals surface area contributed by atoms with Crippen LogP contribution in [-0.4, -0.2) is 120 Å². The van der Waals surface area contributed by atoms with Gasteiger partial charge in [0, 0.05) is 65.2 Å². The highest BCUT2D eigenvalue weighted by Gasteiger charge is 2.50. The summed E-state index contributed by atoms with van der Waals surface area (Å²) >= 11 is 0. The Bertz CT molecular complexity index is 1100. The molecule has 1 fully saturated rings. The molecule has 43 heavy (non-hydrogen) atoms. The van der Waals surface area contributed by atoms with Crippen LogP contribution in [0.15, 0.2) is 60.7 Å². The normalized spacial score (nSPS) is 16.9. The van der Waals surface area contributed by atoms with Gasteiger partial charge >= 0.3 is 18.2 Å². The average molecular weight is 599 g/mol. The van der Waals surface area contributed by atoms with Gasteiger partial charge in [0.25, 0.3) is 0 Å². The van der Waals surface area contributed by atoms with Crippen molar-refractivity contribution in [3.63, 3.8) is 0 Å². The molecule has 0 aliphatic carbocycles. The molecule has 1 heterocycles. The predicted octanol–water partition coefficient (Wildman–Crippen LogP) is 3.43. The summed E-state index contributed by atoms with van der Waals surface area (Å²) in [5.41, 5.74) is 0.0517. The van der Waals surface area contributed by atoms with Crippen molar-refractivity contribution in [2.45, 2.75) is 50.9 Å². The molecular formula is C32H46N4O7. The van der Waals surface area contributed by atoms with Crippen LogP contribution >= 0.6 is 0 Å². The number of carboxylic acid groups (broad SMARTS) is 2. The molecule has 1 atom stereocenters. The van der Waals surface area contributed by atoms with Crippen LogP contribution in [0.1, 0.15) is 31.9 Å². The van der Waals surface area contributed by atoms with Gasteiger partial charge in [0.2, 0.25) is 0 Å². The lowest BCUT2D eigenvalue weighted by Crippen LogP contribution is -2.64. The number of nitrogens with zero attached hydrogens (tertiary/aromatic N) is 3. The molecule has 0 unspecified atom stereocenters. The van der Waals surface area contributed by atoms with Gasteiger partial charge in [-0.25, -0.2) is 9.59 Å². The molecule has 0 spiro atoms. The predicted molar refractivity (Wildman–Crippen MR) is 163 cm³/mol. The molecule has 2 amide bonds. The number of amides is 2. The van der Waals surface area contributed by atoms with E-state index in [9.17, 15) is 24.6 Å². The van der Waals surface area contributed by atoms with Gasteiger partial charge in [-0.3, -0.25) is 9.69 Å². The summed E-state index contributed by atoms with van der Waals surface area (Å²) in [7, 11) is 1.33. The van der Waals surface area contributed by atoms with Gasteiger partial charge in [0.05, 0.1) is 12.7 Å². The minimum absolute atomic E-state index is 0.111. The number of rotatable bonds is 8. The van der Waals surface area contributed by atoms with Crippen LogP contribution in [-0.2, 0) is 27.1 Å². The summed E-state index contributed by atoms with van der Waals surface area (Å²) in [6.45, 7) is 7.55. The first-order valence-electron chi connectivity index (χ1n) is 14.7. The summed E-state index contributed by atoms with van der Waals surface area (Å²) in [6, 6.07) is 18.6. The number of carbonyl (C=O) groups excluding carboxylic acids is 1. The van der Waals surface area contributed by atoms with Crippen LogP contribution in [0.2, 0.25) is 0 Å². The lowest BCUT2D eigenvalue weighted by molar-refractivity contribution is -0.189.